The largest absolute Gasteiger partial charge is 0.508 e. The lowest BCUT2D eigenvalue weighted by molar-refractivity contribution is 0.0970. The molecule has 2 aromatic heterocycles. The summed E-state index contributed by atoms with van der Waals surface area (Å²) in [6.45, 7) is 0. The fourth-order valence-electron chi connectivity index (χ4n) is 3.62. The molecule has 1 amide bonds. The van der Waals surface area contributed by atoms with Gasteiger partial charge in [0.25, 0.3) is 5.91 Å². The monoisotopic (exact) mass is 370 g/mol. The van der Waals surface area contributed by atoms with Crippen LogP contribution in [0.4, 0.5) is 5.82 Å². The SMILES string of the molecule is O=C1c2oc3ccccc3c(=O)c2C(c2ccc(O)cc2)N1c1ccccn1. The van der Waals surface area contributed by atoms with Crippen LogP contribution in [0.2, 0.25) is 0 Å². The van der Waals surface area contributed by atoms with E-state index in [4.69, 9.17) is 4.42 Å². The van der Waals surface area contributed by atoms with Gasteiger partial charge in [-0.05, 0) is 42.0 Å². The van der Waals surface area contributed by atoms with E-state index in [-0.39, 0.29) is 22.5 Å². The Morgan fingerprint density at radius 1 is 0.929 bits per heavy atom. The summed E-state index contributed by atoms with van der Waals surface area (Å²) in [5, 5.41) is 10.1. The lowest BCUT2D eigenvalue weighted by Gasteiger charge is -2.24. The number of carbonyl (C=O) groups is 1. The van der Waals surface area contributed by atoms with E-state index in [1.807, 2.05) is 0 Å². The zero-order valence-electron chi connectivity index (χ0n) is 14.6. The molecule has 0 bridgehead atoms. The molecule has 6 heteroatoms. The molecule has 4 aromatic rings. The third-order valence-corrected chi connectivity index (χ3v) is 4.88. The fourth-order valence-corrected chi connectivity index (χ4v) is 3.62. The van der Waals surface area contributed by atoms with Gasteiger partial charge >= 0.3 is 0 Å². The van der Waals surface area contributed by atoms with Crippen molar-refractivity contribution in [3.8, 4) is 5.75 Å². The normalized spacial score (nSPS) is 15.8. The summed E-state index contributed by atoms with van der Waals surface area (Å²) in [6, 6.07) is 17.8. The van der Waals surface area contributed by atoms with Crippen molar-refractivity contribution in [1.82, 2.24) is 4.98 Å². The number of hydrogen-bond donors (Lipinski definition) is 1. The average Bonchev–Trinajstić information content (AvgIpc) is 3.02. The minimum atomic E-state index is -0.696. The van der Waals surface area contributed by atoms with Crippen molar-refractivity contribution in [2.24, 2.45) is 0 Å². The molecule has 5 rings (SSSR count). The predicted octanol–water partition coefficient (Wildman–Crippen LogP) is 3.64. The first kappa shape index (κ1) is 16.3. The molecule has 6 nitrogen and oxygen atoms in total. The van der Waals surface area contributed by atoms with Crippen molar-refractivity contribution < 1.29 is 14.3 Å². The highest BCUT2D eigenvalue weighted by molar-refractivity contribution is 6.10. The summed E-state index contributed by atoms with van der Waals surface area (Å²) in [6.07, 6.45) is 1.59. The van der Waals surface area contributed by atoms with Crippen molar-refractivity contribution in [3.63, 3.8) is 0 Å². The Bertz CT molecular complexity index is 1260. The van der Waals surface area contributed by atoms with Crippen LogP contribution in [0.5, 0.6) is 5.75 Å². The predicted molar refractivity (Wildman–Crippen MR) is 103 cm³/mol. The van der Waals surface area contributed by atoms with Crippen molar-refractivity contribution in [1.29, 1.82) is 0 Å². The number of pyridine rings is 1. The molecule has 0 aliphatic carbocycles. The van der Waals surface area contributed by atoms with Gasteiger partial charge in [0.05, 0.1) is 17.0 Å². The highest BCUT2D eigenvalue weighted by Crippen LogP contribution is 2.40. The molecule has 3 heterocycles. The molecular weight excluding hydrogens is 356 g/mol. The summed E-state index contributed by atoms with van der Waals surface area (Å²) < 4.78 is 5.86. The Hall–Kier alpha value is -3.93. The van der Waals surface area contributed by atoms with Crippen LogP contribution >= 0.6 is 0 Å². The number of nitrogens with zero attached hydrogens (tertiary/aromatic N) is 2. The number of para-hydroxylation sites is 1. The van der Waals surface area contributed by atoms with Crippen molar-refractivity contribution in [3.05, 3.63) is 100 Å². The van der Waals surface area contributed by atoms with E-state index in [1.165, 1.54) is 17.0 Å². The number of rotatable bonds is 2. The molecule has 1 unspecified atom stereocenters. The van der Waals surface area contributed by atoms with E-state index in [0.29, 0.717) is 22.4 Å². The van der Waals surface area contributed by atoms with Gasteiger partial charge in [0.2, 0.25) is 5.76 Å². The topological polar surface area (TPSA) is 83.6 Å². The van der Waals surface area contributed by atoms with Crippen LogP contribution in [-0.4, -0.2) is 16.0 Å². The highest BCUT2D eigenvalue weighted by atomic mass is 16.3. The van der Waals surface area contributed by atoms with E-state index < -0.39 is 11.9 Å². The Labute approximate surface area is 159 Å². The highest BCUT2D eigenvalue weighted by Gasteiger charge is 2.44. The summed E-state index contributed by atoms with van der Waals surface area (Å²) in [5.41, 5.74) is 1.08. The zero-order valence-corrected chi connectivity index (χ0v) is 14.6. The van der Waals surface area contributed by atoms with Gasteiger partial charge in [-0.2, -0.15) is 0 Å². The lowest BCUT2D eigenvalue weighted by Crippen LogP contribution is -2.30. The third kappa shape index (κ3) is 2.31. The van der Waals surface area contributed by atoms with Crippen LogP contribution in [0.1, 0.15) is 27.7 Å². The van der Waals surface area contributed by atoms with Gasteiger partial charge in [-0.3, -0.25) is 14.5 Å². The summed E-state index contributed by atoms with van der Waals surface area (Å²) >= 11 is 0. The maximum atomic E-state index is 13.3. The number of carbonyl (C=O) groups excluding carboxylic acids is 1. The number of anilines is 1. The Balaban J connectivity index is 1.83. The van der Waals surface area contributed by atoms with Gasteiger partial charge in [-0.15, -0.1) is 0 Å². The van der Waals surface area contributed by atoms with Gasteiger partial charge < -0.3 is 9.52 Å². The van der Waals surface area contributed by atoms with Crippen LogP contribution < -0.4 is 10.3 Å². The standard InChI is InChI=1S/C22H14N2O4/c25-14-10-8-13(9-11-14)19-18-20(26)15-5-1-2-6-16(15)28-21(18)22(27)24(19)17-7-3-4-12-23-17/h1-12,19,25H. The van der Waals surface area contributed by atoms with Gasteiger partial charge in [0, 0.05) is 6.20 Å². The van der Waals surface area contributed by atoms with Crippen LogP contribution in [0.25, 0.3) is 11.0 Å². The molecule has 28 heavy (non-hydrogen) atoms. The van der Waals surface area contributed by atoms with Crippen molar-refractivity contribution in [2.45, 2.75) is 6.04 Å². The van der Waals surface area contributed by atoms with Gasteiger partial charge in [-0.25, -0.2) is 4.98 Å². The average molecular weight is 370 g/mol. The third-order valence-electron chi connectivity index (χ3n) is 4.88. The molecule has 1 aliphatic rings. The number of aromatic nitrogens is 1. The summed E-state index contributed by atoms with van der Waals surface area (Å²) in [7, 11) is 0. The molecule has 0 fully saturated rings. The second-order valence-corrected chi connectivity index (χ2v) is 6.53. The molecule has 1 aliphatic heterocycles. The quantitative estimate of drug-likeness (QED) is 0.582. The summed E-state index contributed by atoms with van der Waals surface area (Å²) in [4.78, 5) is 32.3. The van der Waals surface area contributed by atoms with E-state index >= 15 is 0 Å². The minimum absolute atomic E-state index is 0.0208. The van der Waals surface area contributed by atoms with Gasteiger partial charge in [0.1, 0.15) is 17.2 Å². The summed E-state index contributed by atoms with van der Waals surface area (Å²) in [5.74, 6) is 0.116. The number of fused-ring (bicyclic) bond motifs is 2. The first-order valence-corrected chi connectivity index (χ1v) is 8.74. The number of phenolic OH excluding ortho intramolecular Hbond substituents is 1. The number of phenols is 1. The molecule has 0 saturated carbocycles. The number of hydrogen-bond acceptors (Lipinski definition) is 5. The molecule has 1 atom stereocenters. The smallest absolute Gasteiger partial charge is 0.296 e. The van der Waals surface area contributed by atoms with E-state index in [9.17, 15) is 14.7 Å². The molecular formula is C22H14N2O4. The fraction of sp³-hybridized carbons (Fsp3) is 0.0455. The van der Waals surface area contributed by atoms with E-state index in [0.717, 1.165) is 0 Å². The first-order chi connectivity index (χ1) is 13.6. The Morgan fingerprint density at radius 2 is 1.68 bits per heavy atom. The van der Waals surface area contributed by atoms with E-state index in [2.05, 4.69) is 4.98 Å². The van der Waals surface area contributed by atoms with Gasteiger partial charge in [-0.1, -0.05) is 30.3 Å². The second-order valence-electron chi connectivity index (χ2n) is 6.53. The molecule has 0 spiro atoms. The van der Waals surface area contributed by atoms with Crippen LogP contribution in [0.15, 0.2) is 82.1 Å². The number of amides is 1. The van der Waals surface area contributed by atoms with Crippen LogP contribution in [0, 0.1) is 0 Å². The number of aromatic hydroxyl groups is 1. The molecule has 0 saturated heterocycles. The zero-order chi connectivity index (χ0) is 19.3. The maximum Gasteiger partial charge on any atom is 0.296 e. The van der Waals surface area contributed by atoms with Crippen molar-refractivity contribution in [2.75, 3.05) is 4.90 Å². The number of benzene rings is 2. The first-order valence-electron chi connectivity index (χ1n) is 8.74. The second kappa shape index (κ2) is 6.06. The van der Waals surface area contributed by atoms with E-state index in [1.54, 1.807) is 60.8 Å². The lowest BCUT2D eigenvalue weighted by atomic mass is 9.98. The molecule has 0 radical (unpaired) electrons. The molecule has 2 aromatic carbocycles. The minimum Gasteiger partial charge on any atom is -0.508 e. The molecule has 136 valence electrons. The molecule has 1 N–H and O–H groups in total. The Kier molecular flexibility index (Phi) is 3.52. The Morgan fingerprint density at radius 3 is 2.43 bits per heavy atom. The maximum absolute atomic E-state index is 13.3. The van der Waals surface area contributed by atoms with Gasteiger partial charge in [0.15, 0.2) is 5.43 Å². The van der Waals surface area contributed by atoms with Crippen molar-refractivity contribution >= 4 is 22.7 Å². The van der Waals surface area contributed by atoms with Crippen LogP contribution in [-0.2, 0) is 0 Å². The van der Waals surface area contributed by atoms with Crippen LogP contribution in [0.3, 0.4) is 0 Å².